The zero-order chi connectivity index (χ0) is 17.7. The minimum absolute atomic E-state index is 0.0561. The third-order valence-electron chi connectivity index (χ3n) is 6.32. The molecule has 0 radical (unpaired) electrons. The number of hydrogen-bond donors (Lipinski definition) is 1. The Morgan fingerprint density at radius 3 is 2.68 bits per heavy atom. The van der Waals surface area contributed by atoms with Crippen molar-refractivity contribution in [3.63, 3.8) is 0 Å². The lowest BCUT2D eigenvalue weighted by Crippen LogP contribution is -2.54. The summed E-state index contributed by atoms with van der Waals surface area (Å²) in [7, 11) is 3.91. The van der Waals surface area contributed by atoms with Crippen molar-refractivity contribution in [1.29, 1.82) is 0 Å². The lowest BCUT2D eigenvalue weighted by atomic mass is 9.77. The van der Waals surface area contributed by atoms with Gasteiger partial charge in [0.15, 0.2) is 0 Å². The number of piperidine rings is 1. The van der Waals surface area contributed by atoms with Gasteiger partial charge in [-0.2, -0.15) is 0 Å². The number of aromatic nitrogens is 2. The van der Waals surface area contributed by atoms with Gasteiger partial charge in [0.1, 0.15) is 5.60 Å². The Hall–Kier alpha value is -1.69. The van der Waals surface area contributed by atoms with Crippen molar-refractivity contribution >= 4 is 11.9 Å². The van der Waals surface area contributed by atoms with Gasteiger partial charge in [-0.1, -0.05) is 0 Å². The molecule has 2 fully saturated rings. The third kappa shape index (κ3) is 2.71. The molecule has 2 heterocycles. The highest BCUT2D eigenvalue weighted by atomic mass is 16.3. The summed E-state index contributed by atoms with van der Waals surface area (Å²) < 4.78 is 0. The fourth-order valence-corrected chi connectivity index (χ4v) is 4.92. The van der Waals surface area contributed by atoms with E-state index in [1.54, 1.807) is 0 Å². The van der Waals surface area contributed by atoms with Gasteiger partial charge in [-0.15, -0.1) is 0 Å². The molecular formula is C19H28N4O2. The molecule has 1 atom stereocenters. The van der Waals surface area contributed by atoms with Crippen LogP contribution < -0.4 is 4.90 Å². The van der Waals surface area contributed by atoms with Crippen LogP contribution in [0.5, 0.6) is 0 Å². The molecule has 1 amide bonds. The van der Waals surface area contributed by atoms with Crippen LogP contribution in [0.4, 0.5) is 5.95 Å². The van der Waals surface area contributed by atoms with Crippen LogP contribution in [0, 0.1) is 0 Å². The number of hydrogen-bond acceptors (Lipinski definition) is 5. The monoisotopic (exact) mass is 344 g/mol. The molecule has 136 valence electrons. The molecule has 1 unspecified atom stereocenters. The number of anilines is 1. The van der Waals surface area contributed by atoms with E-state index in [0.29, 0.717) is 19.4 Å². The molecule has 6 heteroatoms. The second kappa shape index (κ2) is 5.94. The minimum Gasteiger partial charge on any atom is -0.380 e. The number of likely N-dealkylation sites (tertiary alicyclic amines) is 1. The topological polar surface area (TPSA) is 69.6 Å². The second-order valence-corrected chi connectivity index (χ2v) is 8.29. The predicted molar refractivity (Wildman–Crippen MR) is 95.6 cm³/mol. The zero-order valence-electron chi connectivity index (χ0n) is 15.3. The highest BCUT2D eigenvalue weighted by Crippen LogP contribution is 2.45. The Kier molecular flexibility index (Phi) is 3.98. The number of carbonyl (C=O) groups is 1. The van der Waals surface area contributed by atoms with Gasteiger partial charge in [-0.05, 0) is 56.9 Å². The molecular weight excluding hydrogens is 316 g/mol. The number of amides is 1. The van der Waals surface area contributed by atoms with Crippen LogP contribution in [0.25, 0.3) is 0 Å². The van der Waals surface area contributed by atoms with Crippen LogP contribution in [0.15, 0.2) is 6.20 Å². The summed E-state index contributed by atoms with van der Waals surface area (Å²) in [6.45, 7) is 1.44. The molecule has 1 N–H and O–H groups in total. The van der Waals surface area contributed by atoms with Crippen LogP contribution in [0.2, 0.25) is 0 Å². The first-order chi connectivity index (χ1) is 11.9. The van der Waals surface area contributed by atoms with E-state index in [9.17, 15) is 9.90 Å². The summed E-state index contributed by atoms with van der Waals surface area (Å²) in [5.74, 6) is 0.678. The van der Waals surface area contributed by atoms with E-state index >= 15 is 0 Å². The molecule has 1 saturated heterocycles. The van der Waals surface area contributed by atoms with E-state index in [0.717, 1.165) is 56.7 Å². The summed E-state index contributed by atoms with van der Waals surface area (Å²) in [5.41, 5.74) is 1.16. The zero-order valence-corrected chi connectivity index (χ0v) is 15.3. The molecule has 1 spiro atoms. The number of fused-ring (bicyclic) bond motifs is 2. The summed E-state index contributed by atoms with van der Waals surface area (Å²) in [5, 5.41) is 10.7. The molecule has 0 bridgehead atoms. The Balaban J connectivity index is 1.62. The number of rotatable bonds is 2. The van der Waals surface area contributed by atoms with Crippen molar-refractivity contribution in [2.45, 2.75) is 62.4 Å². The van der Waals surface area contributed by atoms with Crippen LogP contribution in [0.3, 0.4) is 0 Å². The Morgan fingerprint density at radius 2 is 1.96 bits per heavy atom. The first kappa shape index (κ1) is 16.8. The van der Waals surface area contributed by atoms with Gasteiger partial charge in [0.05, 0.1) is 5.69 Å². The molecule has 4 rings (SSSR count). The highest BCUT2D eigenvalue weighted by molar-refractivity contribution is 5.85. The standard InChI is InChI=1S/C19H28N4O2/c1-22(2)17-20-12-14-6-10-18(15(14)21-17)7-5-11-23(13-18)16(24)19(25)8-3-4-9-19/h12,25H,3-11,13H2,1-2H3. The smallest absolute Gasteiger partial charge is 0.254 e. The van der Waals surface area contributed by atoms with Gasteiger partial charge in [-0.3, -0.25) is 4.79 Å². The Morgan fingerprint density at radius 1 is 1.20 bits per heavy atom. The average molecular weight is 344 g/mol. The van der Waals surface area contributed by atoms with E-state index in [-0.39, 0.29) is 11.3 Å². The Labute approximate surface area is 149 Å². The van der Waals surface area contributed by atoms with Crippen LogP contribution in [0.1, 0.15) is 56.2 Å². The molecule has 0 aromatic carbocycles. The van der Waals surface area contributed by atoms with E-state index in [2.05, 4.69) is 4.98 Å². The number of nitrogens with zero attached hydrogens (tertiary/aromatic N) is 4. The fraction of sp³-hybridized carbons (Fsp3) is 0.737. The average Bonchev–Trinajstić information content (AvgIpc) is 3.20. The highest BCUT2D eigenvalue weighted by Gasteiger charge is 2.48. The van der Waals surface area contributed by atoms with Gasteiger partial charge >= 0.3 is 0 Å². The maximum Gasteiger partial charge on any atom is 0.254 e. The second-order valence-electron chi connectivity index (χ2n) is 8.29. The molecule has 1 aromatic heterocycles. The number of aliphatic hydroxyl groups is 1. The summed E-state index contributed by atoms with van der Waals surface area (Å²) in [6.07, 6.45) is 9.11. The first-order valence-corrected chi connectivity index (χ1v) is 9.49. The number of carbonyl (C=O) groups excluding carboxylic acids is 1. The maximum atomic E-state index is 13.0. The fourth-order valence-electron chi connectivity index (χ4n) is 4.92. The summed E-state index contributed by atoms with van der Waals surface area (Å²) >= 11 is 0. The first-order valence-electron chi connectivity index (χ1n) is 9.49. The molecule has 6 nitrogen and oxygen atoms in total. The largest absolute Gasteiger partial charge is 0.380 e. The molecule has 2 aliphatic carbocycles. The number of aryl methyl sites for hydroxylation is 1. The van der Waals surface area contributed by atoms with Crippen LogP contribution in [-0.4, -0.2) is 58.7 Å². The van der Waals surface area contributed by atoms with Crippen molar-refractivity contribution in [3.8, 4) is 0 Å². The van der Waals surface area contributed by atoms with Crippen LogP contribution >= 0.6 is 0 Å². The van der Waals surface area contributed by atoms with Crippen molar-refractivity contribution in [3.05, 3.63) is 17.5 Å². The molecule has 3 aliphatic rings. The normalized spacial score (nSPS) is 27.6. The lowest BCUT2D eigenvalue weighted by molar-refractivity contribution is -0.153. The van der Waals surface area contributed by atoms with Crippen molar-refractivity contribution < 1.29 is 9.90 Å². The third-order valence-corrected chi connectivity index (χ3v) is 6.32. The quantitative estimate of drug-likeness (QED) is 0.883. The van der Waals surface area contributed by atoms with Gasteiger partial charge in [-0.25, -0.2) is 9.97 Å². The van der Waals surface area contributed by atoms with E-state index in [1.807, 2.05) is 30.1 Å². The lowest BCUT2D eigenvalue weighted by Gasteiger charge is -2.42. The van der Waals surface area contributed by atoms with Crippen LogP contribution in [-0.2, 0) is 16.6 Å². The summed E-state index contributed by atoms with van der Waals surface area (Å²) in [4.78, 5) is 26.1. The minimum atomic E-state index is -1.12. The molecule has 25 heavy (non-hydrogen) atoms. The van der Waals surface area contributed by atoms with E-state index in [1.165, 1.54) is 5.56 Å². The van der Waals surface area contributed by atoms with Gasteiger partial charge < -0.3 is 14.9 Å². The van der Waals surface area contributed by atoms with Crippen molar-refractivity contribution in [2.75, 3.05) is 32.1 Å². The van der Waals surface area contributed by atoms with Crippen molar-refractivity contribution in [1.82, 2.24) is 14.9 Å². The molecule has 1 saturated carbocycles. The van der Waals surface area contributed by atoms with E-state index < -0.39 is 5.60 Å². The van der Waals surface area contributed by atoms with Gasteiger partial charge in [0, 0.05) is 38.8 Å². The summed E-state index contributed by atoms with van der Waals surface area (Å²) in [6, 6.07) is 0. The van der Waals surface area contributed by atoms with Gasteiger partial charge in [0.25, 0.3) is 5.91 Å². The van der Waals surface area contributed by atoms with Crippen molar-refractivity contribution in [2.24, 2.45) is 0 Å². The SMILES string of the molecule is CN(C)c1ncc2c(n1)C1(CCCN(C(=O)C3(O)CCCC3)C1)CC2. The molecule has 1 aliphatic heterocycles. The molecule has 1 aromatic rings. The Bertz CT molecular complexity index is 680. The van der Waals surface area contributed by atoms with Gasteiger partial charge in [0.2, 0.25) is 5.95 Å². The predicted octanol–water partition coefficient (Wildman–Crippen LogP) is 1.65. The maximum absolute atomic E-state index is 13.0. The van der Waals surface area contributed by atoms with E-state index in [4.69, 9.17) is 4.98 Å².